The number of allylic oxidation sites excluding steroid dienone is 1. The number of esters is 1. The molecule has 2 aliphatic rings. The number of hydrogen-bond acceptors (Lipinski definition) is 6. The van der Waals surface area contributed by atoms with E-state index in [1.807, 2.05) is 6.92 Å². The third kappa shape index (κ3) is 4.84. The number of nitrogens with zero attached hydrogens (tertiary/aromatic N) is 3. The van der Waals surface area contributed by atoms with Gasteiger partial charge in [-0.3, -0.25) is 14.5 Å². The molecule has 2 aliphatic heterocycles. The molecular weight excluding hydrogens is 398 g/mol. The third-order valence-corrected chi connectivity index (χ3v) is 6.32. The van der Waals surface area contributed by atoms with Crippen molar-refractivity contribution in [1.29, 1.82) is 0 Å². The molecule has 3 heterocycles. The summed E-state index contributed by atoms with van der Waals surface area (Å²) in [6.45, 7) is 7.39. The largest absolute Gasteiger partial charge is 0.496 e. The molecule has 8 nitrogen and oxygen atoms in total. The zero-order chi connectivity index (χ0) is 22.5. The summed E-state index contributed by atoms with van der Waals surface area (Å²) in [5.41, 5.74) is 2.17. The van der Waals surface area contributed by atoms with E-state index in [1.54, 1.807) is 9.47 Å². The van der Waals surface area contributed by atoms with Crippen molar-refractivity contribution in [2.24, 2.45) is 0 Å². The van der Waals surface area contributed by atoms with Crippen LogP contribution in [-0.2, 0) is 22.5 Å². The Morgan fingerprint density at radius 3 is 2.61 bits per heavy atom. The fourth-order valence-electron chi connectivity index (χ4n) is 4.49. The van der Waals surface area contributed by atoms with Crippen molar-refractivity contribution in [3.8, 4) is 5.75 Å². The quantitative estimate of drug-likeness (QED) is 0.523. The summed E-state index contributed by atoms with van der Waals surface area (Å²) in [6.07, 6.45) is 4.91. The molecule has 170 valence electrons. The molecule has 0 aromatic carbocycles. The average molecular weight is 432 g/mol. The summed E-state index contributed by atoms with van der Waals surface area (Å²) in [5, 5.41) is 0. The second kappa shape index (κ2) is 10.1. The normalized spacial score (nSPS) is 20.1. The SMILES string of the molecule is CC=C(C)CN1CCc2c(C(=O)N3CCCCC3C(=O)OC)c(OC)cc(=O)n2CC1. The van der Waals surface area contributed by atoms with Crippen molar-refractivity contribution in [3.05, 3.63) is 39.3 Å². The lowest BCUT2D eigenvalue weighted by atomic mass is 9.99. The number of ether oxygens (including phenoxy) is 2. The van der Waals surface area contributed by atoms with Crippen LogP contribution in [0, 0.1) is 0 Å². The highest BCUT2D eigenvalue weighted by molar-refractivity contribution is 6.00. The minimum Gasteiger partial charge on any atom is -0.496 e. The van der Waals surface area contributed by atoms with Crippen LogP contribution in [0.5, 0.6) is 5.75 Å². The van der Waals surface area contributed by atoms with Gasteiger partial charge in [-0.15, -0.1) is 0 Å². The minimum absolute atomic E-state index is 0.170. The topological polar surface area (TPSA) is 81.1 Å². The number of carbonyl (C=O) groups is 2. The van der Waals surface area contributed by atoms with Crippen LogP contribution >= 0.6 is 0 Å². The Morgan fingerprint density at radius 2 is 1.94 bits per heavy atom. The number of piperidine rings is 1. The number of carbonyl (C=O) groups excluding carboxylic acids is 2. The van der Waals surface area contributed by atoms with Crippen LogP contribution < -0.4 is 10.3 Å². The molecule has 1 aromatic rings. The van der Waals surface area contributed by atoms with Gasteiger partial charge in [-0.05, 0) is 33.1 Å². The first-order chi connectivity index (χ1) is 14.9. The summed E-state index contributed by atoms with van der Waals surface area (Å²) in [5.74, 6) is -0.401. The summed E-state index contributed by atoms with van der Waals surface area (Å²) < 4.78 is 12.1. The molecule has 1 unspecified atom stereocenters. The van der Waals surface area contributed by atoms with Gasteiger partial charge in [-0.1, -0.05) is 11.6 Å². The summed E-state index contributed by atoms with van der Waals surface area (Å²) in [7, 11) is 2.81. The zero-order valence-electron chi connectivity index (χ0n) is 19.0. The van der Waals surface area contributed by atoms with Crippen LogP contribution in [0.3, 0.4) is 0 Å². The van der Waals surface area contributed by atoms with Crippen LogP contribution in [0.4, 0.5) is 0 Å². The number of methoxy groups -OCH3 is 2. The lowest BCUT2D eigenvalue weighted by molar-refractivity contribution is -0.147. The standard InChI is InChI=1S/C23H33N3O5/c1-5-16(2)15-24-11-9-17-21(19(30-3)14-20(27)25(17)13-12-24)22(28)26-10-7-6-8-18(26)23(29)31-4/h5,14,18H,6-13,15H2,1-4H3. The van der Waals surface area contributed by atoms with Crippen LogP contribution in [0.2, 0.25) is 0 Å². The number of fused-ring (bicyclic) bond motifs is 1. The maximum atomic E-state index is 13.7. The maximum Gasteiger partial charge on any atom is 0.328 e. The number of aromatic nitrogens is 1. The third-order valence-electron chi connectivity index (χ3n) is 6.32. The Kier molecular flexibility index (Phi) is 7.54. The van der Waals surface area contributed by atoms with Crippen molar-refractivity contribution in [1.82, 2.24) is 14.4 Å². The van der Waals surface area contributed by atoms with E-state index >= 15 is 0 Å². The highest BCUT2D eigenvalue weighted by Crippen LogP contribution is 2.28. The van der Waals surface area contributed by atoms with Crippen molar-refractivity contribution in [3.63, 3.8) is 0 Å². The number of likely N-dealkylation sites (tertiary alicyclic amines) is 1. The first-order valence-corrected chi connectivity index (χ1v) is 10.9. The van der Waals surface area contributed by atoms with Crippen LogP contribution in [0.15, 0.2) is 22.5 Å². The highest BCUT2D eigenvalue weighted by Gasteiger charge is 2.36. The minimum atomic E-state index is -0.608. The van der Waals surface area contributed by atoms with E-state index in [-0.39, 0.29) is 17.2 Å². The first-order valence-electron chi connectivity index (χ1n) is 10.9. The van der Waals surface area contributed by atoms with Gasteiger partial charge in [0.1, 0.15) is 17.4 Å². The zero-order valence-corrected chi connectivity index (χ0v) is 19.0. The number of rotatable bonds is 5. The molecule has 8 heteroatoms. The lowest BCUT2D eigenvalue weighted by Crippen LogP contribution is -2.49. The first kappa shape index (κ1) is 23.1. The Hall–Kier alpha value is -2.61. The molecular formula is C23H33N3O5. The van der Waals surface area contributed by atoms with Crippen molar-refractivity contribution < 1.29 is 19.1 Å². The van der Waals surface area contributed by atoms with Crippen molar-refractivity contribution >= 4 is 11.9 Å². The van der Waals surface area contributed by atoms with E-state index in [0.29, 0.717) is 37.2 Å². The Balaban J connectivity index is 2.00. The summed E-state index contributed by atoms with van der Waals surface area (Å²) in [6, 6.07) is 0.781. The number of amides is 1. The summed E-state index contributed by atoms with van der Waals surface area (Å²) >= 11 is 0. The van der Waals surface area contributed by atoms with Crippen LogP contribution in [-0.4, -0.2) is 72.7 Å². The summed E-state index contributed by atoms with van der Waals surface area (Å²) in [4.78, 5) is 42.7. The monoisotopic (exact) mass is 431 g/mol. The molecule has 31 heavy (non-hydrogen) atoms. The molecule has 1 atom stereocenters. The number of hydrogen-bond donors (Lipinski definition) is 0. The maximum absolute atomic E-state index is 13.7. The van der Waals surface area contributed by atoms with Gasteiger partial charge in [0.25, 0.3) is 11.5 Å². The van der Waals surface area contributed by atoms with Gasteiger partial charge in [-0.25, -0.2) is 4.79 Å². The van der Waals surface area contributed by atoms with Gasteiger partial charge >= 0.3 is 5.97 Å². The molecule has 3 rings (SSSR count). The van der Waals surface area contributed by atoms with E-state index in [2.05, 4.69) is 17.9 Å². The average Bonchev–Trinajstić information content (AvgIpc) is 3.00. The second-order valence-corrected chi connectivity index (χ2v) is 8.22. The lowest BCUT2D eigenvalue weighted by Gasteiger charge is -2.34. The molecule has 1 saturated heterocycles. The number of pyridine rings is 1. The fraction of sp³-hybridized carbons (Fsp3) is 0.609. The molecule has 0 aliphatic carbocycles. The predicted octanol–water partition coefficient (Wildman–Crippen LogP) is 1.85. The predicted molar refractivity (Wildman–Crippen MR) is 118 cm³/mol. The van der Waals surface area contributed by atoms with Gasteiger partial charge in [0.15, 0.2) is 0 Å². The molecule has 0 bridgehead atoms. The van der Waals surface area contributed by atoms with Crippen molar-refractivity contribution in [2.45, 2.75) is 52.1 Å². The van der Waals surface area contributed by atoms with E-state index in [0.717, 1.165) is 32.5 Å². The van der Waals surface area contributed by atoms with Gasteiger partial charge in [-0.2, -0.15) is 0 Å². The molecule has 0 radical (unpaired) electrons. The molecule has 0 spiro atoms. The van der Waals surface area contributed by atoms with E-state index < -0.39 is 12.0 Å². The molecule has 1 aromatic heterocycles. The second-order valence-electron chi connectivity index (χ2n) is 8.22. The van der Waals surface area contributed by atoms with E-state index in [4.69, 9.17) is 9.47 Å². The Morgan fingerprint density at radius 1 is 1.16 bits per heavy atom. The smallest absolute Gasteiger partial charge is 0.328 e. The van der Waals surface area contributed by atoms with Gasteiger partial charge < -0.3 is 18.9 Å². The molecule has 0 N–H and O–H groups in total. The van der Waals surface area contributed by atoms with Gasteiger partial charge in [0.05, 0.1) is 14.2 Å². The molecule has 0 saturated carbocycles. The van der Waals surface area contributed by atoms with E-state index in [9.17, 15) is 14.4 Å². The highest BCUT2D eigenvalue weighted by atomic mass is 16.5. The molecule has 1 amide bonds. The fourth-order valence-corrected chi connectivity index (χ4v) is 4.49. The van der Waals surface area contributed by atoms with Crippen molar-refractivity contribution in [2.75, 3.05) is 40.4 Å². The van der Waals surface area contributed by atoms with Gasteiger partial charge in [0, 0.05) is 50.9 Å². The van der Waals surface area contributed by atoms with Crippen LogP contribution in [0.1, 0.15) is 49.2 Å². The Bertz CT molecular complexity index is 921. The molecule has 1 fully saturated rings. The van der Waals surface area contributed by atoms with Crippen LogP contribution in [0.25, 0.3) is 0 Å². The van der Waals surface area contributed by atoms with E-state index in [1.165, 1.54) is 25.9 Å². The Labute approximate surface area is 183 Å². The van der Waals surface area contributed by atoms with Gasteiger partial charge in [0.2, 0.25) is 0 Å².